The zero-order valence-electron chi connectivity index (χ0n) is 10.1. The molecule has 1 aromatic carbocycles. The van der Waals surface area contributed by atoms with Gasteiger partial charge in [0.15, 0.2) is 0 Å². The minimum absolute atomic E-state index is 0.806. The normalized spacial score (nSPS) is 11.0. The standard InChI is InChI=1S/C9H11.C3H4O4.K/c1-2-6-9-7-4-3-5-8-9;4-2(5)1-3(6)7;/h2-5,7-8H,6H2,1H3;1H2,(H,4,5)(H,6,7);. The van der Waals surface area contributed by atoms with Gasteiger partial charge in [-0.25, -0.2) is 0 Å². The molecule has 0 bridgehead atoms. The topological polar surface area (TPSA) is 74.6 Å². The summed E-state index contributed by atoms with van der Waals surface area (Å²) in [6.07, 6.45) is 0.473. The van der Waals surface area contributed by atoms with Gasteiger partial charge in [-0.2, -0.15) is 0 Å². The average molecular weight is 262 g/mol. The van der Waals surface area contributed by atoms with E-state index in [0.717, 1.165) is 49.0 Å². The Morgan fingerprint density at radius 3 is 1.94 bits per heavy atom. The van der Waals surface area contributed by atoms with Gasteiger partial charge in [-0.3, -0.25) is 9.59 Å². The Balaban J connectivity index is 0.000000325. The maximum Gasteiger partial charge on any atom is 0.314 e. The van der Waals surface area contributed by atoms with E-state index in [2.05, 4.69) is 37.3 Å². The Kier molecular flexibility index (Phi) is 9.67. The van der Waals surface area contributed by atoms with Crippen LogP contribution in [0.15, 0.2) is 30.3 Å². The Morgan fingerprint density at radius 2 is 1.65 bits per heavy atom. The van der Waals surface area contributed by atoms with E-state index in [1.54, 1.807) is 0 Å². The number of hydrogen-bond donors (Lipinski definition) is 2. The summed E-state index contributed by atoms with van der Waals surface area (Å²) in [7, 11) is 0. The summed E-state index contributed by atoms with van der Waals surface area (Å²) in [6.45, 7) is 2.33. The summed E-state index contributed by atoms with van der Waals surface area (Å²) in [5.41, 5.74) is 1.49. The molecule has 4 nitrogen and oxygen atoms in total. The van der Waals surface area contributed by atoms with E-state index in [-0.39, 0.29) is 0 Å². The molecule has 0 saturated carbocycles. The Labute approximate surface area is 135 Å². The molecule has 1 aromatic rings. The van der Waals surface area contributed by atoms with E-state index in [0.29, 0.717) is 0 Å². The predicted octanol–water partition coefficient (Wildman–Crippen LogP) is 1.75. The first-order valence-electron chi connectivity index (χ1n) is 5.39. The van der Waals surface area contributed by atoms with Gasteiger partial charge >= 0.3 is 110 Å². The summed E-state index contributed by atoms with van der Waals surface area (Å²) in [5, 5.41) is 15.4. The summed E-state index contributed by atoms with van der Waals surface area (Å²) in [4.78, 5) is 18.9. The zero-order chi connectivity index (χ0) is 13.3. The van der Waals surface area contributed by atoms with Crippen LogP contribution in [0.3, 0.4) is 0 Å². The van der Waals surface area contributed by atoms with Gasteiger partial charge in [-0.15, -0.1) is 0 Å². The molecule has 2 N–H and O–H groups in total. The Morgan fingerprint density at radius 1 is 1.18 bits per heavy atom. The molecule has 0 fully saturated rings. The van der Waals surface area contributed by atoms with Crippen LogP contribution in [-0.2, 0) is 16.0 Å². The van der Waals surface area contributed by atoms with Crippen molar-refractivity contribution in [2.24, 2.45) is 0 Å². The van der Waals surface area contributed by atoms with Gasteiger partial charge in [-0.1, -0.05) is 0 Å². The molecule has 0 aliphatic carbocycles. The van der Waals surface area contributed by atoms with Crippen LogP contribution < -0.4 is 0 Å². The second kappa shape index (κ2) is 9.79. The van der Waals surface area contributed by atoms with Crippen molar-refractivity contribution in [2.75, 3.05) is 0 Å². The number of carbonyl (C=O) groups is 2. The third-order valence-electron chi connectivity index (χ3n) is 1.79. The number of hydrogen-bond acceptors (Lipinski definition) is 2. The molecule has 0 aliphatic rings. The number of carboxylic acid groups (broad SMARTS) is 2. The summed E-state index contributed by atoms with van der Waals surface area (Å²) in [5.74, 6) is -2.62. The molecule has 0 saturated heterocycles. The largest absolute Gasteiger partial charge is 0.481 e. The SMILES string of the molecule is C[CH]([K])Cc1ccccc1.O=C(O)CC(=O)O. The molecular formula is C12H15KO4. The molecule has 0 amide bonds. The van der Waals surface area contributed by atoms with Crippen LogP contribution in [0.4, 0.5) is 0 Å². The van der Waals surface area contributed by atoms with Crippen molar-refractivity contribution >= 4 is 60.9 Å². The first kappa shape index (κ1) is 16.8. The van der Waals surface area contributed by atoms with Crippen molar-refractivity contribution in [1.82, 2.24) is 0 Å². The minimum Gasteiger partial charge on any atom is -0.481 e. The van der Waals surface area contributed by atoms with Gasteiger partial charge < -0.3 is 10.2 Å². The second-order valence-electron chi connectivity index (χ2n) is 4.05. The monoisotopic (exact) mass is 262 g/mol. The van der Waals surface area contributed by atoms with Crippen molar-refractivity contribution in [3.63, 3.8) is 0 Å². The molecular weight excluding hydrogens is 247 g/mol. The summed E-state index contributed by atoms with van der Waals surface area (Å²) < 4.78 is 0.954. The van der Waals surface area contributed by atoms with Crippen LogP contribution in [0.2, 0.25) is 0.0125 Å². The van der Waals surface area contributed by atoms with Gasteiger partial charge in [0.1, 0.15) is 6.42 Å². The summed E-state index contributed by atoms with van der Waals surface area (Å²) >= 11 is 0.975. The smallest absolute Gasteiger partial charge is 0.314 e. The van der Waals surface area contributed by atoms with E-state index >= 15 is 0 Å². The second-order valence-corrected chi connectivity index (χ2v) is 7.13. The van der Waals surface area contributed by atoms with Crippen LogP contribution in [-0.4, -0.2) is 71.1 Å². The molecule has 0 aromatic heterocycles. The van der Waals surface area contributed by atoms with E-state index in [4.69, 9.17) is 10.2 Å². The van der Waals surface area contributed by atoms with Crippen molar-refractivity contribution in [1.29, 1.82) is 0 Å². The molecule has 1 rings (SSSR count). The Bertz CT molecular complexity index is 337. The first-order chi connectivity index (χ1) is 7.91. The fourth-order valence-corrected chi connectivity index (χ4v) is 1.95. The van der Waals surface area contributed by atoms with E-state index in [1.165, 1.54) is 12.0 Å². The van der Waals surface area contributed by atoms with Gasteiger partial charge in [0.05, 0.1) is 0 Å². The summed E-state index contributed by atoms with van der Waals surface area (Å²) in [6, 6.07) is 10.7. The molecule has 5 heteroatoms. The van der Waals surface area contributed by atoms with E-state index in [1.807, 2.05) is 0 Å². The first-order valence-corrected chi connectivity index (χ1v) is 7.19. The van der Waals surface area contributed by atoms with Gasteiger partial charge in [0.25, 0.3) is 0 Å². The molecule has 1 atom stereocenters. The maximum atomic E-state index is 9.43. The quantitative estimate of drug-likeness (QED) is 0.640. The van der Waals surface area contributed by atoms with Gasteiger partial charge in [-0.05, 0) is 0 Å². The van der Waals surface area contributed by atoms with Crippen molar-refractivity contribution in [3.05, 3.63) is 35.9 Å². The van der Waals surface area contributed by atoms with Crippen molar-refractivity contribution in [2.45, 2.75) is 19.8 Å². The zero-order valence-corrected chi connectivity index (χ0v) is 13.2. The van der Waals surface area contributed by atoms with Crippen LogP contribution in [0.5, 0.6) is 0 Å². The van der Waals surface area contributed by atoms with Gasteiger partial charge in [0, 0.05) is 0 Å². The number of aliphatic carboxylic acids is 2. The number of rotatable bonds is 4. The third kappa shape index (κ3) is 12.0. The van der Waals surface area contributed by atoms with Crippen LogP contribution in [0.25, 0.3) is 0 Å². The van der Waals surface area contributed by atoms with E-state index in [9.17, 15) is 9.59 Å². The van der Waals surface area contributed by atoms with Crippen LogP contribution >= 0.6 is 0 Å². The Hall–Kier alpha value is -0.204. The molecule has 17 heavy (non-hydrogen) atoms. The van der Waals surface area contributed by atoms with Crippen molar-refractivity contribution in [3.8, 4) is 0 Å². The van der Waals surface area contributed by atoms with E-state index < -0.39 is 18.4 Å². The average Bonchev–Trinajstić information content (AvgIpc) is 2.16. The fraction of sp³-hybridized carbons (Fsp3) is 0.333. The van der Waals surface area contributed by atoms with Gasteiger partial charge in [0.2, 0.25) is 0 Å². The predicted molar refractivity (Wildman–Crippen MR) is 65.2 cm³/mol. The molecule has 0 spiro atoms. The molecule has 0 aliphatic heterocycles. The van der Waals surface area contributed by atoms with Crippen LogP contribution in [0.1, 0.15) is 18.9 Å². The molecule has 88 valence electrons. The fourth-order valence-electron chi connectivity index (χ4n) is 1.21. The molecule has 0 radical (unpaired) electrons. The maximum absolute atomic E-state index is 9.43. The number of carboxylic acids is 2. The van der Waals surface area contributed by atoms with Crippen molar-refractivity contribution < 1.29 is 19.8 Å². The third-order valence-corrected chi connectivity index (χ3v) is 2.43. The molecule has 1 unspecified atom stereocenters. The number of benzene rings is 1. The molecule has 0 heterocycles. The minimum atomic E-state index is -1.31. The van der Waals surface area contributed by atoms with Crippen LogP contribution in [0, 0.1) is 0 Å².